The summed E-state index contributed by atoms with van der Waals surface area (Å²) >= 11 is 0. The first-order chi connectivity index (χ1) is 16.0. The molecule has 0 saturated heterocycles. The van der Waals surface area contributed by atoms with Gasteiger partial charge in [0.2, 0.25) is 0 Å². The number of benzene rings is 2. The van der Waals surface area contributed by atoms with Gasteiger partial charge in [-0.2, -0.15) is 0 Å². The summed E-state index contributed by atoms with van der Waals surface area (Å²) in [6.07, 6.45) is 8.63. The maximum atomic E-state index is 10.6. The Kier molecular flexibility index (Phi) is 11.2. The van der Waals surface area contributed by atoms with Gasteiger partial charge in [-0.1, -0.05) is 49.4 Å². The number of rotatable bonds is 10. The van der Waals surface area contributed by atoms with Gasteiger partial charge in [-0.3, -0.25) is 4.79 Å². The summed E-state index contributed by atoms with van der Waals surface area (Å²) in [7, 11) is 1.63. The van der Waals surface area contributed by atoms with Crippen molar-refractivity contribution in [1.82, 2.24) is 0 Å². The van der Waals surface area contributed by atoms with Crippen LogP contribution < -0.4 is 4.74 Å². The summed E-state index contributed by atoms with van der Waals surface area (Å²) in [4.78, 5) is 20.7. The highest BCUT2D eigenvalue weighted by atomic mass is 16.5. The van der Waals surface area contributed by atoms with Crippen molar-refractivity contribution < 1.29 is 29.3 Å². The maximum absolute atomic E-state index is 10.6. The van der Waals surface area contributed by atoms with Gasteiger partial charge in [-0.25, -0.2) is 4.79 Å². The molecule has 0 aromatic heterocycles. The Morgan fingerprint density at radius 3 is 2.42 bits per heavy atom. The van der Waals surface area contributed by atoms with Crippen LogP contribution in [-0.4, -0.2) is 42.5 Å². The van der Waals surface area contributed by atoms with Gasteiger partial charge in [-0.15, -0.1) is 0 Å². The van der Waals surface area contributed by atoms with Crippen molar-refractivity contribution in [3.63, 3.8) is 0 Å². The van der Waals surface area contributed by atoms with Crippen molar-refractivity contribution in [3.05, 3.63) is 76.9 Å². The molecule has 0 aliphatic heterocycles. The number of aryl methyl sites for hydroxylation is 2. The zero-order chi connectivity index (χ0) is 24.1. The summed E-state index contributed by atoms with van der Waals surface area (Å²) in [5.41, 5.74) is 5.45. The molecule has 0 radical (unpaired) electrons. The standard InChI is InChI=1S/C19H20O3.C8H14O3/c1-2-16-17-6-4-3-5-13(17)7-8-14-11-15(9-10-18(14)16)22-12-19(20)21;1-11-7-5-3-2-4-6-8(9)10/h3-6,9-11,16H,2,7-8,12H2,1H3,(H,20,21);3,5H,2,4,6-7H2,1H3,(H,9,10)/b;5-3-. The van der Waals surface area contributed by atoms with Gasteiger partial charge in [0.25, 0.3) is 0 Å². The van der Waals surface area contributed by atoms with Gasteiger partial charge in [0.05, 0.1) is 6.61 Å². The molecular weight excluding hydrogens is 420 g/mol. The molecule has 1 unspecified atom stereocenters. The molecule has 2 aromatic carbocycles. The zero-order valence-electron chi connectivity index (χ0n) is 19.5. The van der Waals surface area contributed by atoms with Crippen LogP contribution in [0.25, 0.3) is 0 Å². The van der Waals surface area contributed by atoms with Crippen LogP contribution in [0.4, 0.5) is 0 Å². The van der Waals surface area contributed by atoms with Gasteiger partial charge >= 0.3 is 11.9 Å². The van der Waals surface area contributed by atoms with Gasteiger partial charge in [0, 0.05) is 19.4 Å². The molecule has 3 rings (SSSR count). The minimum Gasteiger partial charge on any atom is -0.482 e. The molecule has 6 heteroatoms. The molecule has 0 spiro atoms. The van der Waals surface area contributed by atoms with E-state index in [1.54, 1.807) is 7.11 Å². The van der Waals surface area contributed by atoms with E-state index in [0.717, 1.165) is 25.7 Å². The lowest BCUT2D eigenvalue weighted by Crippen LogP contribution is -2.10. The predicted octanol–water partition coefficient (Wildman–Crippen LogP) is 5.23. The molecule has 1 aliphatic rings. The van der Waals surface area contributed by atoms with E-state index in [2.05, 4.69) is 37.3 Å². The third-order valence-electron chi connectivity index (χ3n) is 5.55. The SMILES string of the molecule is CCC1c2ccccc2CCc2cc(OCC(=O)O)ccc21.COC/C=C\CCCC(=O)O. The number of hydrogen-bond acceptors (Lipinski definition) is 4. The van der Waals surface area contributed by atoms with Crippen LogP contribution in [0.2, 0.25) is 0 Å². The van der Waals surface area contributed by atoms with Crippen molar-refractivity contribution in [3.8, 4) is 5.75 Å². The summed E-state index contributed by atoms with van der Waals surface area (Å²) < 4.78 is 10.1. The van der Waals surface area contributed by atoms with E-state index in [-0.39, 0.29) is 13.0 Å². The minimum absolute atomic E-state index is 0.247. The van der Waals surface area contributed by atoms with Crippen LogP contribution in [0.15, 0.2) is 54.6 Å². The van der Waals surface area contributed by atoms with E-state index >= 15 is 0 Å². The third kappa shape index (κ3) is 8.73. The Labute approximate surface area is 195 Å². The number of carboxylic acid groups (broad SMARTS) is 2. The van der Waals surface area contributed by atoms with Crippen molar-refractivity contribution in [2.45, 2.75) is 51.4 Å². The molecule has 0 amide bonds. The van der Waals surface area contributed by atoms with E-state index in [1.807, 2.05) is 24.3 Å². The Hall–Kier alpha value is -3.12. The van der Waals surface area contributed by atoms with E-state index in [4.69, 9.17) is 19.7 Å². The number of fused-ring (bicyclic) bond motifs is 2. The van der Waals surface area contributed by atoms with Crippen LogP contribution in [0.1, 0.15) is 60.8 Å². The van der Waals surface area contributed by atoms with Gasteiger partial charge in [-0.05, 0) is 66.5 Å². The average molecular weight is 455 g/mol. The fourth-order valence-electron chi connectivity index (χ4n) is 4.01. The lowest BCUT2D eigenvalue weighted by atomic mass is 9.86. The number of unbranched alkanes of at least 4 members (excludes halogenated alkanes) is 1. The van der Waals surface area contributed by atoms with Gasteiger partial charge in [0.15, 0.2) is 6.61 Å². The molecule has 178 valence electrons. The number of ether oxygens (including phenoxy) is 2. The largest absolute Gasteiger partial charge is 0.482 e. The predicted molar refractivity (Wildman–Crippen MR) is 128 cm³/mol. The molecule has 1 aliphatic carbocycles. The highest BCUT2D eigenvalue weighted by molar-refractivity contribution is 5.68. The van der Waals surface area contributed by atoms with Crippen molar-refractivity contribution in [2.24, 2.45) is 0 Å². The normalized spacial score (nSPS) is 14.4. The minimum atomic E-state index is -0.950. The Morgan fingerprint density at radius 1 is 1.00 bits per heavy atom. The highest BCUT2D eigenvalue weighted by Crippen LogP contribution is 2.37. The van der Waals surface area contributed by atoms with Crippen molar-refractivity contribution in [2.75, 3.05) is 20.3 Å². The van der Waals surface area contributed by atoms with E-state index in [9.17, 15) is 9.59 Å². The second-order valence-corrected chi connectivity index (χ2v) is 7.92. The first kappa shape index (κ1) is 26.1. The molecule has 6 nitrogen and oxygen atoms in total. The monoisotopic (exact) mass is 454 g/mol. The lowest BCUT2D eigenvalue weighted by Gasteiger charge is -2.19. The number of aliphatic carboxylic acids is 2. The summed E-state index contributed by atoms with van der Waals surface area (Å²) in [6.45, 7) is 2.52. The fourth-order valence-corrected chi connectivity index (χ4v) is 4.01. The van der Waals surface area contributed by atoms with Crippen molar-refractivity contribution >= 4 is 11.9 Å². The summed E-state index contributed by atoms with van der Waals surface area (Å²) in [5, 5.41) is 17.0. The van der Waals surface area contributed by atoms with Crippen LogP contribution in [0.3, 0.4) is 0 Å². The molecule has 0 heterocycles. The second-order valence-electron chi connectivity index (χ2n) is 7.92. The molecule has 0 bridgehead atoms. The fraction of sp³-hybridized carbons (Fsp3) is 0.407. The smallest absolute Gasteiger partial charge is 0.341 e. The van der Waals surface area contributed by atoms with Crippen LogP contribution >= 0.6 is 0 Å². The Balaban J connectivity index is 0.000000299. The highest BCUT2D eigenvalue weighted by Gasteiger charge is 2.22. The number of carboxylic acids is 2. The summed E-state index contributed by atoms with van der Waals surface area (Å²) in [6, 6.07) is 14.6. The second kappa shape index (κ2) is 14.1. The number of hydrogen-bond donors (Lipinski definition) is 2. The molecule has 0 fully saturated rings. The van der Waals surface area contributed by atoms with Gasteiger partial charge < -0.3 is 19.7 Å². The Bertz CT molecular complexity index is 934. The quantitative estimate of drug-likeness (QED) is 0.377. The average Bonchev–Trinajstić information content (AvgIpc) is 2.96. The van der Waals surface area contributed by atoms with E-state index in [0.29, 0.717) is 24.7 Å². The first-order valence-electron chi connectivity index (χ1n) is 11.4. The van der Waals surface area contributed by atoms with E-state index in [1.165, 1.54) is 22.3 Å². The first-order valence-corrected chi connectivity index (χ1v) is 11.4. The molecule has 1 atom stereocenters. The van der Waals surface area contributed by atoms with Crippen molar-refractivity contribution in [1.29, 1.82) is 0 Å². The molecule has 2 N–H and O–H groups in total. The third-order valence-corrected chi connectivity index (χ3v) is 5.55. The zero-order valence-corrected chi connectivity index (χ0v) is 19.5. The van der Waals surface area contributed by atoms with Crippen LogP contribution in [0, 0.1) is 0 Å². The van der Waals surface area contributed by atoms with E-state index < -0.39 is 11.9 Å². The lowest BCUT2D eigenvalue weighted by molar-refractivity contribution is -0.139. The summed E-state index contributed by atoms with van der Waals surface area (Å²) in [5.74, 6) is -0.636. The number of methoxy groups -OCH3 is 1. The number of carbonyl (C=O) groups is 2. The Morgan fingerprint density at radius 2 is 1.73 bits per heavy atom. The molecule has 0 saturated carbocycles. The number of allylic oxidation sites excluding steroid dienone is 1. The molecule has 33 heavy (non-hydrogen) atoms. The van der Waals surface area contributed by atoms with Crippen LogP contribution in [-0.2, 0) is 27.2 Å². The molecule has 2 aromatic rings. The topological polar surface area (TPSA) is 93.1 Å². The molecular formula is C27H34O6. The van der Waals surface area contributed by atoms with Gasteiger partial charge in [0.1, 0.15) is 5.75 Å². The maximum Gasteiger partial charge on any atom is 0.341 e. The van der Waals surface area contributed by atoms with Crippen LogP contribution in [0.5, 0.6) is 5.75 Å².